The van der Waals surface area contributed by atoms with Gasteiger partial charge in [0.25, 0.3) is 5.91 Å². The van der Waals surface area contributed by atoms with Gasteiger partial charge in [-0.1, -0.05) is 51.1 Å². The van der Waals surface area contributed by atoms with Crippen LogP contribution in [0, 0.1) is 0 Å². The second kappa shape index (κ2) is 8.99. The summed E-state index contributed by atoms with van der Waals surface area (Å²) in [6.07, 6.45) is 0.671. The van der Waals surface area contributed by atoms with Crippen LogP contribution >= 0.6 is 0 Å². The van der Waals surface area contributed by atoms with Crippen LogP contribution in [0.5, 0.6) is 11.5 Å². The smallest absolute Gasteiger partial charge is 0.344 e. The van der Waals surface area contributed by atoms with E-state index in [1.807, 2.05) is 48.5 Å². The zero-order chi connectivity index (χ0) is 20.9. The van der Waals surface area contributed by atoms with Crippen LogP contribution in [0.25, 0.3) is 0 Å². The number of carbonyl (C=O) groups is 2. The quantitative estimate of drug-likeness (QED) is 0.755. The normalized spacial score (nSPS) is 15.6. The van der Waals surface area contributed by atoms with Crippen LogP contribution < -0.4 is 14.8 Å². The van der Waals surface area contributed by atoms with E-state index >= 15 is 0 Å². The first-order valence-electron chi connectivity index (χ1n) is 9.73. The topological polar surface area (TPSA) is 73.9 Å². The molecule has 1 amide bonds. The summed E-state index contributed by atoms with van der Waals surface area (Å²) >= 11 is 0. The van der Waals surface area contributed by atoms with E-state index < -0.39 is 5.97 Å². The molecule has 0 spiro atoms. The summed E-state index contributed by atoms with van der Waals surface area (Å²) in [5.41, 5.74) is 2.16. The Hall–Kier alpha value is -3.02. The molecule has 6 nitrogen and oxygen atoms in total. The number of carbonyl (C=O) groups excluding carboxylic acids is 2. The lowest BCUT2D eigenvalue weighted by Gasteiger charge is -2.26. The van der Waals surface area contributed by atoms with Crippen molar-refractivity contribution in [3.8, 4) is 11.5 Å². The maximum absolute atomic E-state index is 12.2. The van der Waals surface area contributed by atoms with Gasteiger partial charge in [0.05, 0.1) is 12.6 Å². The molecule has 1 heterocycles. The van der Waals surface area contributed by atoms with E-state index in [0.717, 1.165) is 11.3 Å². The third kappa shape index (κ3) is 5.73. The van der Waals surface area contributed by atoms with E-state index in [9.17, 15) is 9.59 Å². The Labute approximate surface area is 171 Å². The van der Waals surface area contributed by atoms with Crippen LogP contribution in [0.4, 0.5) is 0 Å². The predicted molar refractivity (Wildman–Crippen MR) is 109 cm³/mol. The molecule has 0 saturated heterocycles. The number of nitrogens with one attached hydrogen (secondary N) is 1. The predicted octanol–water partition coefficient (Wildman–Crippen LogP) is 3.55. The molecule has 1 atom stereocenters. The molecule has 2 aromatic carbocycles. The summed E-state index contributed by atoms with van der Waals surface area (Å²) in [4.78, 5) is 24.1. The molecular weight excluding hydrogens is 370 g/mol. The molecule has 2 aromatic rings. The monoisotopic (exact) mass is 397 g/mol. The lowest BCUT2D eigenvalue weighted by atomic mass is 9.87. The fourth-order valence-electron chi connectivity index (χ4n) is 3.11. The van der Waals surface area contributed by atoms with Gasteiger partial charge in [-0.15, -0.1) is 0 Å². The number of fused-ring (bicyclic) bond motifs is 1. The minimum Gasteiger partial charge on any atom is -0.493 e. The van der Waals surface area contributed by atoms with Crippen LogP contribution in [-0.2, 0) is 19.7 Å². The van der Waals surface area contributed by atoms with Crippen molar-refractivity contribution < 1.29 is 23.8 Å². The Morgan fingerprint density at radius 2 is 1.79 bits per heavy atom. The van der Waals surface area contributed by atoms with E-state index in [0.29, 0.717) is 18.8 Å². The van der Waals surface area contributed by atoms with Gasteiger partial charge in [0.15, 0.2) is 13.2 Å². The number of hydrogen-bond donors (Lipinski definition) is 1. The highest BCUT2D eigenvalue weighted by Crippen LogP contribution is 2.31. The summed E-state index contributed by atoms with van der Waals surface area (Å²) in [7, 11) is 0. The number of esters is 1. The number of hydrogen-bond acceptors (Lipinski definition) is 5. The standard InChI is InChI=1S/C23H27NO5/c1-23(2,3)16-8-10-17(11-9-16)28-15-22(26)29-14-21(25)24-19-12-13-27-20-7-5-4-6-18(19)20/h4-11,19H,12-15H2,1-3H3,(H,24,25). The summed E-state index contributed by atoms with van der Waals surface area (Å²) in [5.74, 6) is 0.409. The Morgan fingerprint density at radius 3 is 2.52 bits per heavy atom. The van der Waals surface area contributed by atoms with Gasteiger partial charge in [0.2, 0.25) is 0 Å². The van der Waals surface area contributed by atoms with Crippen molar-refractivity contribution in [3.05, 3.63) is 59.7 Å². The van der Waals surface area contributed by atoms with Gasteiger partial charge in [-0.2, -0.15) is 0 Å². The van der Waals surface area contributed by atoms with Gasteiger partial charge in [-0.05, 0) is 29.2 Å². The van der Waals surface area contributed by atoms with Crippen molar-refractivity contribution in [1.82, 2.24) is 5.32 Å². The number of benzene rings is 2. The molecule has 1 aliphatic rings. The fourth-order valence-corrected chi connectivity index (χ4v) is 3.11. The lowest BCUT2D eigenvalue weighted by molar-refractivity contribution is -0.150. The van der Waals surface area contributed by atoms with Crippen molar-refractivity contribution in [2.75, 3.05) is 19.8 Å². The highest BCUT2D eigenvalue weighted by Gasteiger charge is 2.23. The SMILES string of the molecule is CC(C)(C)c1ccc(OCC(=O)OCC(=O)NC2CCOc3ccccc32)cc1. The Balaban J connectivity index is 1.42. The van der Waals surface area contributed by atoms with Crippen molar-refractivity contribution in [1.29, 1.82) is 0 Å². The summed E-state index contributed by atoms with van der Waals surface area (Å²) in [5, 5.41) is 2.89. The van der Waals surface area contributed by atoms with E-state index in [1.165, 1.54) is 5.56 Å². The van der Waals surface area contributed by atoms with E-state index in [1.54, 1.807) is 0 Å². The van der Waals surface area contributed by atoms with E-state index in [4.69, 9.17) is 14.2 Å². The molecule has 1 aliphatic heterocycles. The van der Waals surface area contributed by atoms with Crippen molar-refractivity contribution in [3.63, 3.8) is 0 Å². The minimum atomic E-state index is -0.590. The van der Waals surface area contributed by atoms with Gasteiger partial charge < -0.3 is 19.5 Å². The van der Waals surface area contributed by atoms with Crippen LogP contribution in [-0.4, -0.2) is 31.7 Å². The molecular formula is C23H27NO5. The Kier molecular flexibility index (Phi) is 6.42. The van der Waals surface area contributed by atoms with Crippen LogP contribution in [0.3, 0.4) is 0 Å². The number of rotatable bonds is 6. The molecule has 0 fully saturated rings. The number of amides is 1. The maximum atomic E-state index is 12.2. The zero-order valence-corrected chi connectivity index (χ0v) is 17.1. The summed E-state index contributed by atoms with van der Waals surface area (Å²) < 4.78 is 16.0. The molecule has 154 valence electrons. The molecule has 0 aromatic heterocycles. The second-order valence-corrected chi connectivity index (χ2v) is 8.02. The van der Waals surface area contributed by atoms with Gasteiger partial charge in [0.1, 0.15) is 11.5 Å². The molecule has 1 unspecified atom stereocenters. The first kappa shape index (κ1) is 20.7. The van der Waals surface area contributed by atoms with Crippen molar-refractivity contribution >= 4 is 11.9 Å². The highest BCUT2D eigenvalue weighted by atomic mass is 16.6. The maximum Gasteiger partial charge on any atom is 0.344 e. The van der Waals surface area contributed by atoms with Crippen molar-refractivity contribution in [2.45, 2.75) is 38.6 Å². The molecule has 29 heavy (non-hydrogen) atoms. The highest BCUT2D eigenvalue weighted by molar-refractivity contribution is 5.81. The average Bonchev–Trinajstić information content (AvgIpc) is 2.71. The summed E-state index contributed by atoms with van der Waals surface area (Å²) in [6.45, 7) is 6.33. The average molecular weight is 397 g/mol. The fraction of sp³-hybridized carbons (Fsp3) is 0.391. The van der Waals surface area contributed by atoms with E-state index in [2.05, 4.69) is 26.1 Å². The molecule has 3 rings (SSSR count). The van der Waals surface area contributed by atoms with Gasteiger partial charge in [0, 0.05) is 12.0 Å². The van der Waals surface area contributed by atoms with Crippen molar-refractivity contribution in [2.24, 2.45) is 0 Å². The number of ether oxygens (including phenoxy) is 3. The van der Waals surface area contributed by atoms with Crippen LogP contribution in [0.2, 0.25) is 0 Å². The molecule has 0 aliphatic carbocycles. The van der Waals surface area contributed by atoms with Crippen LogP contribution in [0.1, 0.15) is 44.4 Å². The summed E-state index contributed by atoms with van der Waals surface area (Å²) in [6, 6.07) is 15.0. The molecule has 6 heteroatoms. The Bertz CT molecular complexity index is 854. The van der Waals surface area contributed by atoms with Crippen LogP contribution in [0.15, 0.2) is 48.5 Å². The van der Waals surface area contributed by atoms with Gasteiger partial charge >= 0.3 is 5.97 Å². The lowest BCUT2D eigenvalue weighted by Crippen LogP contribution is -2.35. The minimum absolute atomic E-state index is 0.0514. The first-order valence-corrected chi connectivity index (χ1v) is 9.73. The molecule has 0 saturated carbocycles. The zero-order valence-electron chi connectivity index (χ0n) is 17.1. The first-order chi connectivity index (χ1) is 13.8. The van der Waals surface area contributed by atoms with Gasteiger partial charge in [-0.25, -0.2) is 4.79 Å². The molecule has 0 radical (unpaired) electrons. The third-order valence-electron chi connectivity index (χ3n) is 4.74. The number of para-hydroxylation sites is 1. The van der Waals surface area contributed by atoms with E-state index in [-0.39, 0.29) is 30.6 Å². The third-order valence-corrected chi connectivity index (χ3v) is 4.74. The largest absolute Gasteiger partial charge is 0.493 e. The Morgan fingerprint density at radius 1 is 1.07 bits per heavy atom. The second-order valence-electron chi connectivity index (χ2n) is 8.02. The molecule has 1 N–H and O–H groups in total. The molecule has 0 bridgehead atoms. The van der Waals surface area contributed by atoms with Gasteiger partial charge in [-0.3, -0.25) is 4.79 Å².